The number of ether oxygens (including phenoxy) is 1. The summed E-state index contributed by atoms with van der Waals surface area (Å²) in [6.07, 6.45) is 2.83. The average Bonchev–Trinajstić information content (AvgIpc) is 3.34. The lowest BCUT2D eigenvalue weighted by molar-refractivity contribution is -0.127. The van der Waals surface area contributed by atoms with Crippen molar-refractivity contribution >= 4 is 11.8 Å². The fourth-order valence-electron chi connectivity index (χ4n) is 4.15. The van der Waals surface area contributed by atoms with Crippen molar-refractivity contribution in [3.8, 4) is 0 Å². The van der Waals surface area contributed by atoms with Crippen molar-refractivity contribution in [1.82, 2.24) is 15.1 Å². The highest BCUT2D eigenvalue weighted by molar-refractivity contribution is 5.91. The number of carbonyl (C=O) groups excluding carboxylic acids is 2. The van der Waals surface area contributed by atoms with Crippen LogP contribution in [0.2, 0.25) is 0 Å². The van der Waals surface area contributed by atoms with E-state index in [1.54, 1.807) is 17.0 Å². The molecule has 1 atom stereocenters. The van der Waals surface area contributed by atoms with E-state index in [9.17, 15) is 9.59 Å². The third-order valence-electron chi connectivity index (χ3n) is 5.95. The van der Waals surface area contributed by atoms with Gasteiger partial charge in [0.1, 0.15) is 0 Å². The van der Waals surface area contributed by atoms with Gasteiger partial charge in [0, 0.05) is 38.6 Å². The quantitative estimate of drug-likeness (QED) is 0.790. The van der Waals surface area contributed by atoms with E-state index in [1.165, 1.54) is 6.26 Å². The highest BCUT2D eigenvalue weighted by Gasteiger charge is 2.30. The lowest BCUT2D eigenvalue weighted by Gasteiger charge is -2.34. The first-order valence-corrected chi connectivity index (χ1v) is 10.7. The Balaban J connectivity index is 1.35. The highest BCUT2D eigenvalue weighted by atomic mass is 16.5. The molecule has 2 aromatic rings. The highest BCUT2D eigenvalue weighted by Crippen LogP contribution is 2.22. The van der Waals surface area contributed by atoms with Crippen molar-refractivity contribution in [2.45, 2.75) is 18.9 Å². The Morgan fingerprint density at radius 3 is 2.40 bits per heavy atom. The van der Waals surface area contributed by atoms with E-state index >= 15 is 0 Å². The molecule has 1 aromatic carbocycles. The lowest BCUT2D eigenvalue weighted by Crippen LogP contribution is -2.46. The molecule has 3 heterocycles. The fraction of sp³-hybridized carbons (Fsp3) is 0.478. The van der Waals surface area contributed by atoms with E-state index in [0.717, 1.165) is 38.4 Å². The number of hydrogen-bond donors (Lipinski definition) is 1. The fourth-order valence-corrected chi connectivity index (χ4v) is 4.15. The summed E-state index contributed by atoms with van der Waals surface area (Å²) < 4.78 is 10.7. The van der Waals surface area contributed by atoms with E-state index in [1.807, 2.05) is 18.2 Å². The molecule has 7 heteroatoms. The van der Waals surface area contributed by atoms with Crippen LogP contribution in [0.5, 0.6) is 0 Å². The minimum Gasteiger partial charge on any atom is -0.459 e. The molecule has 7 nitrogen and oxygen atoms in total. The number of hydrogen-bond acceptors (Lipinski definition) is 5. The Hall–Kier alpha value is -2.64. The number of benzene rings is 1. The zero-order chi connectivity index (χ0) is 20.8. The number of morpholine rings is 1. The minimum absolute atomic E-state index is 0.0559. The van der Waals surface area contributed by atoms with Crippen LogP contribution in [-0.2, 0) is 9.53 Å². The number of amides is 2. The Labute approximate surface area is 177 Å². The third-order valence-corrected chi connectivity index (χ3v) is 5.95. The van der Waals surface area contributed by atoms with Crippen LogP contribution in [0.4, 0.5) is 0 Å². The van der Waals surface area contributed by atoms with Crippen molar-refractivity contribution in [3.63, 3.8) is 0 Å². The molecule has 4 rings (SSSR count). The van der Waals surface area contributed by atoms with E-state index in [2.05, 4.69) is 22.3 Å². The van der Waals surface area contributed by atoms with E-state index in [4.69, 9.17) is 9.15 Å². The van der Waals surface area contributed by atoms with Crippen LogP contribution in [0.3, 0.4) is 0 Å². The molecule has 2 fully saturated rings. The predicted molar refractivity (Wildman–Crippen MR) is 112 cm³/mol. The molecule has 30 heavy (non-hydrogen) atoms. The number of carbonyl (C=O) groups is 2. The Morgan fingerprint density at radius 2 is 1.73 bits per heavy atom. The molecule has 0 spiro atoms. The molecular weight excluding hydrogens is 382 g/mol. The van der Waals surface area contributed by atoms with Gasteiger partial charge in [-0.2, -0.15) is 0 Å². The van der Waals surface area contributed by atoms with E-state index in [0.29, 0.717) is 31.7 Å². The molecule has 0 radical (unpaired) electrons. The predicted octanol–water partition coefficient (Wildman–Crippen LogP) is 2.32. The first-order chi connectivity index (χ1) is 14.7. The summed E-state index contributed by atoms with van der Waals surface area (Å²) in [7, 11) is 0. The summed E-state index contributed by atoms with van der Waals surface area (Å²) in [5, 5.41) is 3.28. The summed E-state index contributed by atoms with van der Waals surface area (Å²) in [6, 6.07) is 13.5. The maximum atomic E-state index is 13.1. The molecule has 2 aliphatic rings. The van der Waals surface area contributed by atoms with Gasteiger partial charge in [-0.1, -0.05) is 30.3 Å². The molecule has 0 saturated carbocycles. The van der Waals surface area contributed by atoms with Crippen molar-refractivity contribution in [2.24, 2.45) is 5.92 Å². The number of furan rings is 1. The van der Waals surface area contributed by atoms with Crippen LogP contribution in [0.15, 0.2) is 53.1 Å². The topological polar surface area (TPSA) is 75.0 Å². The number of nitrogens with zero attached hydrogens (tertiary/aromatic N) is 2. The number of likely N-dealkylation sites (tertiary alicyclic amines) is 1. The first-order valence-electron chi connectivity index (χ1n) is 10.7. The van der Waals surface area contributed by atoms with Crippen molar-refractivity contribution < 1.29 is 18.7 Å². The van der Waals surface area contributed by atoms with Crippen LogP contribution in [0.25, 0.3) is 0 Å². The third kappa shape index (κ3) is 5.09. The van der Waals surface area contributed by atoms with Gasteiger partial charge < -0.3 is 19.4 Å². The van der Waals surface area contributed by atoms with Crippen LogP contribution >= 0.6 is 0 Å². The van der Waals surface area contributed by atoms with E-state index < -0.39 is 0 Å². The number of rotatable bonds is 6. The molecule has 160 valence electrons. The largest absolute Gasteiger partial charge is 0.459 e. The molecule has 2 aliphatic heterocycles. The number of piperidine rings is 1. The monoisotopic (exact) mass is 411 g/mol. The van der Waals surface area contributed by atoms with Crippen LogP contribution in [-0.4, -0.2) is 67.6 Å². The Bertz CT molecular complexity index is 810. The summed E-state index contributed by atoms with van der Waals surface area (Å²) in [6.45, 7) is 5.14. The molecule has 2 amide bonds. The second-order valence-corrected chi connectivity index (χ2v) is 7.93. The van der Waals surface area contributed by atoms with Gasteiger partial charge in [-0.05, 0) is 30.5 Å². The summed E-state index contributed by atoms with van der Waals surface area (Å²) in [5.74, 6) is 0.240. The summed E-state index contributed by atoms with van der Waals surface area (Å²) in [5.41, 5.74) is 1.11. The van der Waals surface area contributed by atoms with Crippen LogP contribution < -0.4 is 5.32 Å². The smallest absolute Gasteiger partial charge is 0.289 e. The molecule has 0 unspecified atom stereocenters. The molecule has 1 aromatic heterocycles. The summed E-state index contributed by atoms with van der Waals surface area (Å²) in [4.78, 5) is 29.6. The SMILES string of the molecule is O=C(N[C@H](CN1CCOCC1)c1ccccc1)C1CCN(C(=O)c2ccco2)CC1. The Kier molecular flexibility index (Phi) is 6.81. The number of nitrogens with one attached hydrogen (secondary N) is 1. The minimum atomic E-state index is -0.103. The second kappa shape index (κ2) is 9.91. The van der Waals surface area contributed by atoms with Gasteiger partial charge >= 0.3 is 0 Å². The molecule has 1 N–H and O–H groups in total. The van der Waals surface area contributed by atoms with Gasteiger partial charge in [0.05, 0.1) is 25.5 Å². The van der Waals surface area contributed by atoms with Crippen LogP contribution in [0.1, 0.15) is 35.0 Å². The maximum absolute atomic E-state index is 13.1. The molecule has 0 aliphatic carbocycles. The van der Waals surface area contributed by atoms with Crippen molar-refractivity contribution in [1.29, 1.82) is 0 Å². The summed E-state index contributed by atoms with van der Waals surface area (Å²) >= 11 is 0. The normalized spacial score (nSPS) is 19.4. The van der Waals surface area contributed by atoms with Gasteiger partial charge in [-0.3, -0.25) is 14.5 Å². The molecule has 2 saturated heterocycles. The van der Waals surface area contributed by atoms with Crippen molar-refractivity contribution in [2.75, 3.05) is 45.9 Å². The van der Waals surface area contributed by atoms with Gasteiger partial charge in [0.2, 0.25) is 5.91 Å². The standard InChI is InChI=1S/C23H29N3O4/c27-22(19-8-10-26(11-9-19)23(28)21-7-4-14-30-21)24-20(18-5-2-1-3-6-18)17-25-12-15-29-16-13-25/h1-7,14,19-20H,8-13,15-17H2,(H,24,27)/t20-/m1/s1. The second-order valence-electron chi connectivity index (χ2n) is 7.93. The van der Waals surface area contributed by atoms with Crippen LogP contribution in [0, 0.1) is 5.92 Å². The maximum Gasteiger partial charge on any atom is 0.289 e. The Morgan fingerprint density at radius 1 is 1.00 bits per heavy atom. The van der Waals surface area contributed by atoms with Crippen molar-refractivity contribution in [3.05, 3.63) is 60.1 Å². The molecular formula is C23H29N3O4. The van der Waals surface area contributed by atoms with Gasteiger partial charge in [0.25, 0.3) is 5.91 Å². The lowest BCUT2D eigenvalue weighted by atomic mass is 9.94. The van der Waals surface area contributed by atoms with Gasteiger partial charge in [-0.15, -0.1) is 0 Å². The zero-order valence-electron chi connectivity index (χ0n) is 17.2. The first kappa shape index (κ1) is 20.6. The molecule has 0 bridgehead atoms. The zero-order valence-corrected chi connectivity index (χ0v) is 17.2. The van der Waals surface area contributed by atoms with Gasteiger partial charge in [-0.25, -0.2) is 0 Å². The van der Waals surface area contributed by atoms with E-state index in [-0.39, 0.29) is 23.8 Å². The van der Waals surface area contributed by atoms with Gasteiger partial charge in [0.15, 0.2) is 5.76 Å². The average molecular weight is 412 g/mol.